The molecule has 2 aromatic rings. The molecule has 2 aromatic carbocycles. The lowest BCUT2D eigenvalue weighted by molar-refractivity contribution is -0.126. The quantitative estimate of drug-likeness (QED) is 0.799. The second-order valence-electron chi connectivity index (χ2n) is 7.24. The molecule has 0 aliphatic carbocycles. The predicted octanol–water partition coefficient (Wildman–Crippen LogP) is 3.69. The summed E-state index contributed by atoms with van der Waals surface area (Å²) < 4.78 is 13.9. The summed E-state index contributed by atoms with van der Waals surface area (Å²) in [7, 11) is 0. The lowest BCUT2D eigenvalue weighted by atomic mass is 10.2. The molecule has 0 spiro atoms. The number of carbonyl (C=O) groups is 1. The molecule has 1 atom stereocenters. The molecule has 1 saturated heterocycles. The first-order valence-electron chi connectivity index (χ1n) is 9.75. The van der Waals surface area contributed by atoms with E-state index in [0.29, 0.717) is 18.1 Å². The minimum Gasteiger partial charge on any atom is -0.351 e. The van der Waals surface area contributed by atoms with Gasteiger partial charge in [-0.2, -0.15) is 0 Å². The lowest BCUT2D eigenvalue weighted by Crippen LogP contribution is -2.46. The summed E-state index contributed by atoms with van der Waals surface area (Å²) in [5.41, 5.74) is 1.64. The van der Waals surface area contributed by atoms with Crippen LogP contribution in [0.3, 0.4) is 0 Å². The molecule has 0 saturated carbocycles. The highest BCUT2D eigenvalue weighted by Gasteiger charge is 2.24. The number of hydrogen-bond donors (Lipinski definition) is 1. The van der Waals surface area contributed by atoms with Gasteiger partial charge in [-0.25, -0.2) is 4.39 Å². The monoisotopic (exact) mass is 403 g/mol. The largest absolute Gasteiger partial charge is 0.351 e. The van der Waals surface area contributed by atoms with Gasteiger partial charge in [-0.05, 0) is 37.6 Å². The second-order valence-corrected chi connectivity index (χ2v) is 7.65. The standard InChI is InChI=1S/C22H27ClFN3O/c1-17(22(28)25-15-18-7-2-4-9-20(18)23)27-12-6-11-26(13-14-27)16-19-8-3-5-10-21(19)24/h2-5,7-10,17H,6,11-16H2,1H3,(H,25,28). The van der Waals surface area contributed by atoms with Gasteiger partial charge in [-0.3, -0.25) is 14.6 Å². The summed E-state index contributed by atoms with van der Waals surface area (Å²) in [4.78, 5) is 17.1. The van der Waals surface area contributed by atoms with Crippen LogP contribution in [0, 0.1) is 5.82 Å². The third kappa shape index (κ3) is 5.53. The maximum atomic E-state index is 13.9. The molecule has 1 N–H and O–H groups in total. The summed E-state index contributed by atoms with van der Waals surface area (Å²) in [6.45, 7) is 6.33. The van der Waals surface area contributed by atoms with Gasteiger partial charge in [-0.1, -0.05) is 48.0 Å². The molecule has 1 fully saturated rings. The minimum absolute atomic E-state index is 0.00229. The Bertz CT molecular complexity index is 801. The smallest absolute Gasteiger partial charge is 0.237 e. The van der Waals surface area contributed by atoms with Crippen molar-refractivity contribution < 1.29 is 9.18 Å². The first kappa shape index (κ1) is 20.8. The zero-order chi connectivity index (χ0) is 19.9. The molecule has 6 heteroatoms. The number of nitrogens with zero attached hydrogens (tertiary/aromatic N) is 2. The van der Waals surface area contributed by atoms with Crippen molar-refractivity contribution in [1.82, 2.24) is 15.1 Å². The van der Waals surface area contributed by atoms with Gasteiger partial charge in [0.1, 0.15) is 5.82 Å². The van der Waals surface area contributed by atoms with Crippen LogP contribution in [0.25, 0.3) is 0 Å². The fourth-order valence-corrected chi connectivity index (χ4v) is 3.74. The van der Waals surface area contributed by atoms with E-state index in [0.717, 1.165) is 43.7 Å². The van der Waals surface area contributed by atoms with Gasteiger partial charge in [-0.15, -0.1) is 0 Å². The highest BCUT2D eigenvalue weighted by molar-refractivity contribution is 6.31. The van der Waals surface area contributed by atoms with Crippen molar-refractivity contribution >= 4 is 17.5 Å². The molecular weight excluding hydrogens is 377 g/mol. The average Bonchev–Trinajstić information content (AvgIpc) is 2.94. The number of carbonyl (C=O) groups excluding carboxylic acids is 1. The van der Waals surface area contributed by atoms with E-state index < -0.39 is 0 Å². The van der Waals surface area contributed by atoms with Gasteiger partial charge >= 0.3 is 0 Å². The van der Waals surface area contributed by atoms with Crippen LogP contribution in [0.5, 0.6) is 0 Å². The van der Waals surface area contributed by atoms with E-state index in [4.69, 9.17) is 11.6 Å². The molecule has 1 aliphatic heterocycles. The van der Waals surface area contributed by atoms with E-state index in [1.165, 1.54) is 6.07 Å². The van der Waals surface area contributed by atoms with Crippen LogP contribution in [0.15, 0.2) is 48.5 Å². The summed E-state index contributed by atoms with van der Waals surface area (Å²) in [6, 6.07) is 14.2. The zero-order valence-electron chi connectivity index (χ0n) is 16.2. The highest BCUT2D eigenvalue weighted by atomic mass is 35.5. The summed E-state index contributed by atoms with van der Waals surface area (Å²) in [5.74, 6) is -0.154. The van der Waals surface area contributed by atoms with Crippen LogP contribution in [0.4, 0.5) is 4.39 Å². The fraction of sp³-hybridized carbons (Fsp3) is 0.409. The molecule has 150 valence electrons. The van der Waals surface area contributed by atoms with E-state index in [-0.39, 0.29) is 17.8 Å². The maximum Gasteiger partial charge on any atom is 0.237 e. The maximum absolute atomic E-state index is 13.9. The van der Waals surface area contributed by atoms with Crippen molar-refractivity contribution in [3.8, 4) is 0 Å². The Morgan fingerprint density at radius 1 is 1.07 bits per heavy atom. The number of amides is 1. The van der Waals surface area contributed by atoms with Gasteiger partial charge in [0, 0.05) is 43.3 Å². The molecule has 3 rings (SSSR count). The summed E-state index contributed by atoms with van der Waals surface area (Å²) in [6.07, 6.45) is 0.955. The number of hydrogen-bond acceptors (Lipinski definition) is 3. The van der Waals surface area contributed by atoms with E-state index in [9.17, 15) is 9.18 Å². The molecule has 0 aromatic heterocycles. The Hall–Kier alpha value is -1.95. The Morgan fingerprint density at radius 3 is 2.54 bits per heavy atom. The lowest BCUT2D eigenvalue weighted by Gasteiger charge is -2.27. The molecule has 1 aliphatic rings. The van der Waals surface area contributed by atoms with Gasteiger partial charge in [0.15, 0.2) is 0 Å². The van der Waals surface area contributed by atoms with Gasteiger partial charge in [0.2, 0.25) is 5.91 Å². The van der Waals surface area contributed by atoms with Gasteiger partial charge in [0.25, 0.3) is 0 Å². The van der Waals surface area contributed by atoms with Gasteiger partial charge < -0.3 is 5.32 Å². The van der Waals surface area contributed by atoms with Crippen LogP contribution >= 0.6 is 11.6 Å². The molecule has 28 heavy (non-hydrogen) atoms. The SMILES string of the molecule is CC(C(=O)NCc1ccccc1Cl)N1CCCN(Cc2ccccc2F)CC1. The molecule has 1 unspecified atom stereocenters. The Kier molecular flexibility index (Phi) is 7.43. The fourth-order valence-electron chi connectivity index (χ4n) is 3.54. The van der Waals surface area contributed by atoms with Crippen LogP contribution in [0.1, 0.15) is 24.5 Å². The van der Waals surface area contributed by atoms with Crippen LogP contribution in [-0.2, 0) is 17.9 Å². The summed E-state index contributed by atoms with van der Waals surface area (Å²) in [5, 5.41) is 3.65. The molecule has 4 nitrogen and oxygen atoms in total. The van der Waals surface area contributed by atoms with Crippen molar-refractivity contribution in [1.29, 1.82) is 0 Å². The topological polar surface area (TPSA) is 35.6 Å². The zero-order valence-corrected chi connectivity index (χ0v) is 17.0. The van der Waals surface area contributed by atoms with Crippen molar-refractivity contribution in [3.05, 3.63) is 70.5 Å². The highest BCUT2D eigenvalue weighted by Crippen LogP contribution is 2.16. The first-order chi connectivity index (χ1) is 13.5. The molecular formula is C22H27ClFN3O. The molecule has 1 amide bonds. The average molecular weight is 404 g/mol. The van der Waals surface area contributed by atoms with Crippen molar-refractivity contribution in [3.63, 3.8) is 0 Å². The number of benzene rings is 2. The minimum atomic E-state index is -0.212. The Labute approximate surface area is 171 Å². The third-order valence-electron chi connectivity index (χ3n) is 5.31. The van der Waals surface area contributed by atoms with Crippen LogP contribution in [0.2, 0.25) is 5.02 Å². The molecule has 0 radical (unpaired) electrons. The number of nitrogens with one attached hydrogen (secondary N) is 1. The van der Waals surface area contributed by atoms with Crippen molar-refractivity contribution in [2.75, 3.05) is 26.2 Å². The van der Waals surface area contributed by atoms with Gasteiger partial charge in [0.05, 0.1) is 6.04 Å². The molecule has 0 bridgehead atoms. The summed E-state index contributed by atoms with van der Waals surface area (Å²) >= 11 is 6.16. The van der Waals surface area contributed by atoms with E-state index in [1.54, 1.807) is 6.07 Å². The van der Waals surface area contributed by atoms with Crippen LogP contribution in [-0.4, -0.2) is 47.9 Å². The van der Waals surface area contributed by atoms with E-state index in [2.05, 4.69) is 15.1 Å². The second kappa shape index (κ2) is 10.0. The predicted molar refractivity (Wildman–Crippen MR) is 111 cm³/mol. The number of halogens is 2. The third-order valence-corrected chi connectivity index (χ3v) is 5.68. The first-order valence-corrected chi connectivity index (χ1v) is 10.1. The number of rotatable bonds is 6. The normalized spacial score (nSPS) is 17.1. The van der Waals surface area contributed by atoms with E-state index in [1.807, 2.05) is 43.3 Å². The van der Waals surface area contributed by atoms with Crippen LogP contribution < -0.4 is 5.32 Å². The Balaban J connectivity index is 1.50. The van der Waals surface area contributed by atoms with Crippen molar-refractivity contribution in [2.45, 2.75) is 32.5 Å². The Morgan fingerprint density at radius 2 is 1.79 bits per heavy atom. The van der Waals surface area contributed by atoms with Crippen molar-refractivity contribution in [2.24, 2.45) is 0 Å². The molecule has 1 heterocycles. The van der Waals surface area contributed by atoms with E-state index >= 15 is 0 Å².